The zero-order valence-electron chi connectivity index (χ0n) is 19.8. The van der Waals surface area contributed by atoms with Crippen LogP contribution in [-0.2, 0) is 10.8 Å². The third-order valence-corrected chi connectivity index (χ3v) is 8.45. The van der Waals surface area contributed by atoms with E-state index in [1.807, 2.05) is 6.07 Å². The van der Waals surface area contributed by atoms with Crippen molar-refractivity contribution in [3.05, 3.63) is 154 Å². The molecule has 0 amide bonds. The number of benzene rings is 5. The van der Waals surface area contributed by atoms with Crippen LogP contribution in [0.25, 0.3) is 22.3 Å². The van der Waals surface area contributed by atoms with Crippen molar-refractivity contribution in [2.75, 3.05) is 0 Å². The monoisotopic (exact) mass is 468 g/mol. The van der Waals surface area contributed by atoms with E-state index in [0.717, 1.165) is 5.02 Å². The smallest absolute Gasteiger partial charge is 0.0720 e. The van der Waals surface area contributed by atoms with Crippen molar-refractivity contribution >= 4 is 11.6 Å². The van der Waals surface area contributed by atoms with E-state index >= 15 is 0 Å². The van der Waals surface area contributed by atoms with Crippen molar-refractivity contribution in [1.29, 1.82) is 0 Å². The van der Waals surface area contributed by atoms with Crippen LogP contribution in [0, 0.1) is 0 Å². The van der Waals surface area contributed by atoms with Crippen LogP contribution in [0.4, 0.5) is 0 Å². The Labute approximate surface area is 211 Å². The van der Waals surface area contributed by atoms with Gasteiger partial charge in [-0.15, -0.1) is 0 Å². The molecule has 0 N–H and O–H groups in total. The Morgan fingerprint density at radius 3 is 1.71 bits per heavy atom. The molecule has 5 aromatic carbocycles. The molecule has 0 radical (unpaired) electrons. The highest BCUT2D eigenvalue weighted by Crippen LogP contribution is 2.63. The maximum absolute atomic E-state index is 6.74. The minimum atomic E-state index is -0.414. The summed E-state index contributed by atoms with van der Waals surface area (Å²) in [4.78, 5) is 0. The number of hydrogen-bond acceptors (Lipinski definition) is 0. The maximum Gasteiger partial charge on any atom is 0.0720 e. The van der Waals surface area contributed by atoms with E-state index in [1.54, 1.807) is 0 Å². The van der Waals surface area contributed by atoms with Gasteiger partial charge in [0.05, 0.1) is 5.41 Å². The lowest BCUT2D eigenvalue weighted by molar-refractivity contribution is 0.563. The topological polar surface area (TPSA) is 0 Å². The Morgan fingerprint density at radius 2 is 1.06 bits per heavy atom. The second-order valence-electron chi connectivity index (χ2n) is 10.3. The van der Waals surface area contributed by atoms with Crippen molar-refractivity contribution in [3.8, 4) is 22.3 Å². The van der Waals surface area contributed by atoms with E-state index in [4.69, 9.17) is 11.6 Å². The van der Waals surface area contributed by atoms with Gasteiger partial charge >= 0.3 is 0 Å². The summed E-state index contributed by atoms with van der Waals surface area (Å²) in [6, 6.07) is 42.1. The van der Waals surface area contributed by atoms with Gasteiger partial charge in [0.15, 0.2) is 0 Å². The zero-order chi connectivity index (χ0) is 23.8. The Hall–Kier alpha value is -3.61. The highest BCUT2D eigenvalue weighted by Gasteiger charge is 2.53. The number of hydrogen-bond donors (Lipinski definition) is 0. The van der Waals surface area contributed by atoms with Gasteiger partial charge in [-0.1, -0.05) is 129 Å². The first kappa shape index (κ1) is 20.7. The fourth-order valence-electron chi connectivity index (χ4n) is 6.78. The average Bonchev–Trinajstić information content (AvgIpc) is 3.18. The van der Waals surface area contributed by atoms with Gasteiger partial charge in [0.2, 0.25) is 0 Å². The Bertz CT molecular complexity index is 1570. The lowest BCUT2D eigenvalue weighted by atomic mass is 9.55. The van der Waals surface area contributed by atoms with Gasteiger partial charge in [0.1, 0.15) is 0 Å². The van der Waals surface area contributed by atoms with Crippen molar-refractivity contribution in [2.24, 2.45) is 0 Å². The summed E-state index contributed by atoms with van der Waals surface area (Å²) in [6.07, 6.45) is 0. The molecule has 5 aromatic rings. The third-order valence-electron chi connectivity index (χ3n) is 8.22. The number of fused-ring (bicyclic) bond motifs is 9. The summed E-state index contributed by atoms with van der Waals surface area (Å²) in [7, 11) is 0. The molecule has 0 bridgehead atoms. The van der Waals surface area contributed by atoms with Crippen LogP contribution in [0.2, 0.25) is 5.02 Å². The quantitative estimate of drug-likeness (QED) is 0.226. The Kier molecular flexibility index (Phi) is 4.26. The van der Waals surface area contributed by atoms with Crippen LogP contribution in [0.1, 0.15) is 47.2 Å². The van der Waals surface area contributed by atoms with E-state index in [-0.39, 0.29) is 5.41 Å². The van der Waals surface area contributed by atoms with E-state index in [2.05, 4.69) is 123 Å². The first-order chi connectivity index (χ1) is 17.0. The Morgan fingerprint density at radius 1 is 0.486 bits per heavy atom. The first-order valence-electron chi connectivity index (χ1n) is 12.2. The van der Waals surface area contributed by atoms with Gasteiger partial charge < -0.3 is 0 Å². The molecule has 1 heteroatoms. The molecular formula is C34H25Cl. The molecule has 2 aliphatic rings. The fraction of sp³-hybridized carbons (Fsp3) is 0.118. The third kappa shape index (κ3) is 2.58. The highest BCUT2D eigenvalue weighted by molar-refractivity contribution is 6.30. The molecule has 0 saturated heterocycles. The van der Waals surface area contributed by atoms with Gasteiger partial charge in [-0.25, -0.2) is 0 Å². The summed E-state index contributed by atoms with van der Waals surface area (Å²) in [5, 5.41) is 0.775. The van der Waals surface area contributed by atoms with Crippen LogP contribution in [0.5, 0.6) is 0 Å². The molecule has 0 nitrogen and oxygen atoms in total. The molecule has 0 fully saturated rings. The standard InChI is InChI=1S/C34H25Cl/c1-33(2)26-14-6-8-16-28(26)34(29-17-9-7-15-27(29)33)30-18-10-13-24(22-11-4-3-5-12-22)32(30)25-20-19-23(35)21-31(25)34/h3-21H,1-2H3. The molecular weight excluding hydrogens is 444 g/mol. The number of rotatable bonds is 1. The summed E-state index contributed by atoms with van der Waals surface area (Å²) in [5.74, 6) is 0. The van der Waals surface area contributed by atoms with Gasteiger partial charge in [0.25, 0.3) is 0 Å². The lowest BCUT2D eigenvalue weighted by Crippen LogP contribution is -2.40. The highest BCUT2D eigenvalue weighted by atomic mass is 35.5. The van der Waals surface area contributed by atoms with Crippen molar-refractivity contribution in [1.82, 2.24) is 0 Å². The summed E-state index contributed by atoms with van der Waals surface area (Å²) < 4.78 is 0. The van der Waals surface area contributed by atoms with Crippen LogP contribution >= 0.6 is 11.6 Å². The minimum absolute atomic E-state index is 0.100. The molecule has 0 unspecified atom stereocenters. The summed E-state index contributed by atoms with van der Waals surface area (Å²) >= 11 is 6.74. The largest absolute Gasteiger partial charge is 0.0843 e. The van der Waals surface area contributed by atoms with Gasteiger partial charge in [0, 0.05) is 10.4 Å². The van der Waals surface area contributed by atoms with Crippen LogP contribution in [0.15, 0.2) is 115 Å². The van der Waals surface area contributed by atoms with Crippen molar-refractivity contribution < 1.29 is 0 Å². The van der Waals surface area contributed by atoms with Crippen LogP contribution in [0.3, 0.4) is 0 Å². The van der Waals surface area contributed by atoms with E-state index < -0.39 is 5.41 Å². The first-order valence-corrected chi connectivity index (χ1v) is 12.6. The molecule has 168 valence electrons. The van der Waals surface area contributed by atoms with E-state index in [9.17, 15) is 0 Å². The molecule has 0 heterocycles. The van der Waals surface area contributed by atoms with E-state index in [0.29, 0.717) is 0 Å². The molecule has 35 heavy (non-hydrogen) atoms. The minimum Gasteiger partial charge on any atom is -0.0843 e. The van der Waals surface area contributed by atoms with Gasteiger partial charge in [-0.3, -0.25) is 0 Å². The second kappa shape index (κ2) is 7.20. The number of halogens is 1. The SMILES string of the molecule is CC1(C)c2ccccc2C2(c3cc(Cl)ccc3-c3c(-c4ccccc4)cccc32)c2ccccc21. The lowest BCUT2D eigenvalue weighted by Gasteiger charge is -2.46. The average molecular weight is 469 g/mol. The Balaban J connectivity index is 1.71. The molecule has 0 saturated carbocycles. The summed E-state index contributed by atoms with van der Waals surface area (Å²) in [6.45, 7) is 4.71. The fourth-order valence-corrected chi connectivity index (χ4v) is 6.96. The second-order valence-corrected chi connectivity index (χ2v) is 10.7. The van der Waals surface area contributed by atoms with E-state index in [1.165, 1.54) is 55.6 Å². The van der Waals surface area contributed by atoms with Gasteiger partial charge in [-0.05, 0) is 67.8 Å². The van der Waals surface area contributed by atoms with Crippen molar-refractivity contribution in [2.45, 2.75) is 24.7 Å². The molecule has 0 atom stereocenters. The van der Waals surface area contributed by atoms with Gasteiger partial charge in [-0.2, -0.15) is 0 Å². The molecule has 1 spiro atoms. The summed E-state index contributed by atoms with van der Waals surface area (Å²) in [5.41, 5.74) is 12.7. The molecule has 2 aliphatic carbocycles. The zero-order valence-corrected chi connectivity index (χ0v) is 20.6. The molecule has 0 aromatic heterocycles. The molecule has 7 rings (SSSR count). The maximum atomic E-state index is 6.74. The predicted octanol–water partition coefficient (Wildman–Crippen LogP) is 9.01. The van der Waals surface area contributed by atoms with Crippen molar-refractivity contribution in [3.63, 3.8) is 0 Å². The normalized spacial score (nSPS) is 15.7. The van der Waals surface area contributed by atoms with Crippen LogP contribution < -0.4 is 0 Å². The van der Waals surface area contributed by atoms with Crippen LogP contribution in [-0.4, -0.2) is 0 Å². The predicted molar refractivity (Wildman–Crippen MR) is 146 cm³/mol. The molecule has 0 aliphatic heterocycles.